The summed E-state index contributed by atoms with van der Waals surface area (Å²) in [5.41, 5.74) is 6.21. The number of rotatable bonds is 2. The molecule has 4 nitrogen and oxygen atoms in total. The number of benzene rings is 2. The number of ether oxygens (including phenoxy) is 1. The number of esters is 1. The van der Waals surface area contributed by atoms with Gasteiger partial charge in [0.2, 0.25) is 0 Å². The molecule has 2 aromatic carbocycles. The van der Waals surface area contributed by atoms with E-state index in [0.717, 1.165) is 24.3 Å². The van der Waals surface area contributed by atoms with Gasteiger partial charge in [0.15, 0.2) is 0 Å². The first-order valence-corrected chi connectivity index (χ1v) is 6.55. The highest BCUT2D eigenvalue weighted by Crippen LogP contribution is 2.36. The summed E-state index contributed by atoms with van der Waals surface area (Å²) >= 11 is 0. The lowest BCUT2D eigenvalue weighted by atomic mass is 10.1. The molecule has 0 spiro atoms. The molecule has 2 rings (SSSR count). The molecule has 0 aromatic heterocycles. The van der Waals surface area contributed by atoms with E-state index in [1.165, 1.54) is 0 Å². The second-order valence-corrected chi connectivity index (χ2v) is 4.94. The summed E-state index contributed by atoms with van der Waals surface area (Å²) in [6.07, 6.45) is -9.58. The minimum Gasteiger partial charge on any atom is -0.423 e. The Morgan fingerprint density at radius 2 is 1.28 bits per heavy atom. The normalized spacial score (nSPS) is 12.1. The molecule has 0 amide bonds. The van der Waals surface area contributed by atoms with Crippen molar-refractivity contribution in [2.24, 2.45) is 0 Å². The van der Waals surface area contributed by atoms with Crippen molar-refractivity contribution in [2.45, 2.75) is 12.4 Å². The van der Waals surface area contributed by atoms with E-state index in [-0.39, 0.29) is 0 Å². The van der Waals surface area contributed by atoms with Gasteiger partial charge in [-0.3, -0.25) is 0 Å². The second-order valence-electron chi connectivity index (χ2n) is 4.94. The molecule has 0 bridgehead atoms. The van der Waals surface area contributed by atoms with E-state index < -0.39 is 52.1 Å². The molecule has 0 saturated carbocycles. The number of carbonyl (C=O) groups excluding carboxylic acids is 1. The molecule has 0 saturated heterocycles. The van der Waals surface area contributed by atoms with Crippen molar-refractivity contribution in [2.75, 3.05) is 11.5 Å². The lowest BCUT2D eigenvalue weighted by Crippen LogP contribution is -2.14. The smallest absolute Gasteiger partial charge is 0.418 e. The number of halogens is 6. The molecule has 0 fully saturated rings. The van der Waals surface area contributed by atoms with Crippen LogP contribution < -0.4 is 16.2 Å². The summed E-state index contributed by atoms with van der Waals surface area (Å²) < 4.78 is 81.3. The molecule has 10 heteroatoms. The van der Waals surface area contributed by atoms with Crippen LogP contribution in [0.25, 0.3) is 0 Å². The average Bonchev–Trinajstić information content (AvgIpc) is 2.47. The van der Waals surface area contributed by atoms with Crippen molar-refractivity contribution in [3.8, 4) is 5.75 Å². The predicted octanol–water partition coefficient (Wildman–Crippen LogP) is 4.11. The fraction of sp³-hybridized carbons (Fsp3) is 0.133. The van der Waals surface area contributed by atoms with Crippen molar-refractivity contribution < 1.29 is 35.9 Å². The lowest BCUT2D eigenvalue weighted by Gasteiger charge is -2.13. The SMILES string of the molecule is Nc1ccc(OC(=O)c2ccc(N)c(C(F)(F)F)c2)cc1C(F)(F)F. The van der Waals surface area contributed by atoms with Gasteiger partial charge in [0.1, 0.15) is 5.75 Å². The lowest BCUT2D eigenvalue weighted by molar-refractivity contribution is -0.137. The van der Waals surface area contributed by atoms with E-state index in [2.05, 4.69) is 0 Å². The van der Waals surface area contributed by atoms with E-state index >= 15 is 0 Å². The van der Waals surface area contributed by atoms with Gasteiger partial charge in [0.05, 0.1) is 16.7 Å². The van der Waals surface area contributed by atoms with Crippen LogP contribution in [0.2, 0.25) is 0 Å². The standard InChI is InChI=1S/C15H10F6N2O2/c16-14(17,18)9-5-7(1-3-11(9)22)13(24)25-8-2-4-12(23)10(6-8)15(19,20)21/h1-6H,22-23H2. The molecular formula is C15H10F6N2O2. The van der Waals surface area contributed by atoms with Gasteiger partial charge in [-0.15, -0.1) is 0 Å². The Hall–Kier alpha value is -2.91. The highest BCUT2D eigenvalue weighted by Gasteiger charge is 2.35. The van der Waals surface area contributed by atoms with Gasteiger partial charge in [-0.25, -0.2) is 4.79 Å². The zero-order valence-corrected chi connectivity index (χ0v) is 12.2. The van der Waals surface area contributed by atoms with Gasteiger partial charge in [-0.1, -0.05) is 0 Å². The molecule has 0 heterocycles. The first-order valence-electron chi connectivity index (χ1n) is 6.55. The van der Waals surface area contributed by atoms with E-state index in [4.69, 9.17) is 16.2 Å². The van der Waals surface area contributed by atoms with Crippen molar-refractivity contribution in [1.29, 1.82) is 0 Å². The number of carbonyl (C=O) groups is 1. The molecule has 2 aromatic rings. The molecule has 134 valence electrons. The Labute approximate surface area is 137 Å². The quantitative estimate of drug-likeness (QED) is 0.364. The molecule has 0 aliphatic heterocycles. The summed E-state index contributed by atoms with van der Waals surface area (Å²) in [5, 5.41) is 0. The van der Waals surface area contributed by atoms with Crippen molar-refractivity contribution in [1.82, 2.24) is 0 Å². The summed E-state index contributed by atoms with van der Waals surface area (Å²) in [4.78, 5) is 11.9. The van der Waals surface area contributed by atoms with Crippen LogP contribution in [0.1, 0.15) is 21.5 Å². The van der Waals surface area contributed by atoms with Crippen molar-refractivity contribution in [3.63, 3.8) is 0 Å². The number of hydrogen-bond donors (Lipinski definition) is 2. The van der Waals surface area contributed by atoms with Gasteiger partial charge >= 0.3 is 18.3 Å². The minimum absolute atomic E-state index is 0.458. The van der Waals surface area contributed by atoms with Crippen LogP contribution in [-0.4, -0.2) is 5.97 Å². The molecule has 25 heavy (non-hydrogen) atoms. The Bertz CT molecular complexity index is 815. The number of nitrogens with two attached hydrogens (primary N) is 2. The van der Waals surface area contributed by atoms with Crippen LogP contribution in [0.3, 0.4) is 0 Å². The van der Waals surface area contributed by atoms with Gasteiger partial charge in [0.25, 0.3) is 0 Å². The maximum absolute atomic E-state index is 12.8. The highest BCUT2D eigenvalue weighted by atomic mass is 19.4. The van der Waals surface area contributed by atoms with Gasteiger partial charge in [-0.05, 0) is 36.4 Å². The fourth-order valence-corrected chi connectivity index (χ4v) is 1.94. The number of alkyl halides is 6. The maximum atomic E-state index is 12.8. The van der Waals surface area contributed by atoms with Crippen LogP contribution in [0.15, 0.2) is 36.4 Å². The molecule has 0 radical (unpaired) electrons. The zero-order chi connectivity index (χ0) is 19.0. The summed E-state index contributed by atoms with van der Waals surface area (Å²) in [5.74, 6) is -1.79. The zero-order valence-electron chi connectivity index (χ0n) is 12.2. The Balaban J connectivity index is 2.32. The van der Waals surface area contributed by atoms with Crippen molar-refractivity contribution >= 4 is 17.3 Å². The predicted molar refractivity (Wildman–Crippen MR) is 76.7 cm³/mol. The Morgan fingerprint density at radius 3 is 1.80 bits per heavy atom. The first kappa shape index (κ1) is 18.4. The first-order chi connectivity index (χ1) is 11.4. The summed E-state index contributed by atoms with van der Waals surface area (Å²) in [7, 11) is 0. The molecule has 0 aliphatic carbocycles. The Kier molecular flexibility index (Phi) is 4.56. The second kappa shape index (κ2) is 6.19. The summed E-state index contributed by atoms with van der Waals surface area (Å²) in [6.45, 7) is 0. The van der Waals surface area contributed by atoms with E-state index in [1.807, 2.05) is 0 Å². The molecular weight excluding hydrogens is 354 g/mol. The van der Waals surface area contributed by atoms with Crippen LogP contribution in [0, 0.1) is 0 Å². The third-order valence-electron chi connectivity index (χ3n) is 3.14. The molecule has 0 atom stereocenters. The fourth-order valence-electron chi connectivity index (χ4n) is 1.94. The van der Waals surface area contributed by atoms with Crippen LogP contribution in [0.4, 0.5) is 37.7 Å². The third kappa shape index (κ3) is 4.14. The van der Waals surface area contributed by atoms with Crippen LogP contribution in [0.5, 0.6) is 5.75 Å². The average molecular weight is 364 g/mol. The highest BCUT2D eigenvalue weighted by molar-refractivity contribution is 5.92. The third-order valence-corrected chi connectivity index (χ3v) is 3.14. The van der Waals surface area contributed by atoms with E-state index in [9.17, 15) is 31.1 Å². The maximum Gasteiger partial charge on any atom is 0.418 e. The van der Waals surface area contributed by atoms with Crippen LogP contribution >= 0.6 is 0 Å². The topological polar surface area (TPSA) is 78.3 Å². The monoisotopic (exact) mass is 364 g/mol. The number of nitrogen functional groups attached to an aromatic ring is 2. The van der Waals surface area contributed by atoms with Crippen molar-refractivity contribution in [3.05, 3.63) is 53.1 Å². The largest absolute Gasteiger partial charge is 0.423 e. The van der Waals surface area contributed by atoms with E-state index in [0.29, 0.717) is 12.1 Å². The Morgan fingerprint density at radius 1 is 0.800 bits per heavy atom. The van der Waals surface area contributed by atoms with Gasteiger partial charge in [-0.2, -0.15) is 26.3 Å². The molecule has 0 unspecified atom stereocenters. The van der Waals surface area contributed by atoms with Crippen LogP contribution in [-0.2, 0) is 12.4 Å². The van der Waals surface area contributed by atoms with E-state index in [1.54, 1.807) is 0 Å². The number of anilines is 2. The summed E-state index contributed by atoms with van der Waals surface area (Å²) in [6, 6.07) is 4.62. The molecule has 0 aliphatic rings. The minimum atomic E-state index is -4.80. The number of hydrogen-bond acceptors (Lipinski definition) is 4. The van der Waals surface area contributed by atoms with Gasteiger partial charge < -0.3 is 16.2 Å². The molecule has 4 N–H and O–H groups in total. The van der Waals surface area contributed by atoms with Gasteiger partial charge in [0, 0.05) is 11.4 Å².